The Hall–Kier alpha value is -7.01. The summed E-state index contributed by atoms with van der Waals surface area (Å²) in [4.78, 5) is 169. The van der Waals surface area contributed by atoms with Crippen LogP contribution in [0.2, 0.25) is 0 Å². The maximum Gasteiger partial charge on any atom is 0.326 e. The highest BCUT2D eigenvalue weighted by Crippen LogP contribution is 2.14. The first-order valence-corrected chi connectivity index (χ1v) is 26.2. The zero-order valence-electron chi connectivity index (χ0n) is 45.6. The molecular weight excluding hydrogens is 1030 g/mol. The number of aliphatic carboxylic acids is 4. The molecule has 0 radical (unpaired) electrons. The highest BCUT2D eigenvalue weighted by molar-refractivity contribution is 5.99. The van der Waals surface area contributed by atoms with Gasteiger partial charge in [0, 0.05) is 19.3 Å². The van der Waals surface area contributed by atoms with Crippen molar-refractivity contribution in [2.75, 3.05) is 13.1 Å². The van der Waals surface area contributed by atoms with Gasteiger partial charge in [0.2, 0.25) is 53.2 Å². The van der Waals surface area contributed by atoms with Crippen molar-refractivity contribution in [2.45, 2.75) is 199 Å². The number of rotatable bonds is 42. The molecule has 0 aliphatic heterocycles. The third kappa shape index (κ3) is 29.5. The molecule has 29 nitrogen and oxygen atoms in total. The van der Waals surface area contributed by atoms with Crippen molar-refractivity contribution in [3.8, 4) is 0 Å². The second-order valence-corrected chi connectivity index (χ2v) is 20.0. The number of primary amides is 1. The summed E-state index contributed by atoms with van der Waals surface area (Å²) in [5.41, 5.74) is 22.7. The van der Waals surface area contributed by atoms with Gasteiger partial charge < -0.3 is 85.9 Å². The van der Waals surface area contributed by atoms with Crippen LogP contribution in [-0.2, 0) is 62.3 Å². The van der Waals surface area contributed by atoms with E-state index in [1.807, 2.05) is 0 Å². The molecule has 0 aromatic rings. The second kappa shape index (κ2) is 37.7. The standard InChI is InChI=1S/C49H86N12O17/c1-7-27(6)40(61-41(69)28(52)12-8-10-20-50)48(76)59-33(22-25(2)3)46(74)57-30(14-17-37(63)64)43(71)56-31(15-18-38(65)66)44(72)58-34(24-36(53)62)47(75)54-29(13-9-11-21-51)42(70)55-32(16-19-39(67)68)45(73)60-35(49(77)78)23-26(4)5/h25-35,40H,7-24,50-52H2,1-6H3,(H2,53,62)(H,54,75)(H,55,70)(H,56,71)(H,57,74)(H,58,72)(H,59,76)(H,60,73)(H,61,69)(H,63,64)(H,65,66)(H,67,68)(H,77,78)/t27-,28-,29-,30-,31-,32-,33-,34-,35-,40-/m0/s1. The molecule has 0 rings (SSSR count). The van der Waals surface area contributed by atoms with Crippen molar-refractivity contribution < 1.29 is 82.8 Å². The Morgan fingerprint density at radius 3 is 1.10 bits per heavy atom. The summed E-state index contributed by atoms with van der Waals surface area (Å²) in [6.45, 7) is 10.8. The van der Waals surface area contributed by atoms with Gasteiger partial charge in [-0.3, -0.25) is 57.5 Å². The molecule has 0 aromatic carbocycles. The second-order valence-electron chi connectivity index (χ2n) is 20.0. The molecular formula is C49H86N12O17. The number of hydrogen-bond donors (Lipinski definition) is 16. The SMILES string of the molecule is CC[C@H](C)[C@H](NC(=O)[C@@H](N)CCCCN)C(=O)N[C@@H](CC(C)C)C(=O)N[C@@H](CCC(=O)O)C(=O)N[C@@H](CCC(=O)O)C(=O)N[C@@H](CC(N)=O)C(=O)N[C@@H](CCCCN)C(=O)N[C@@H](CCC(=O)O)C(=O)N[C@@H](CC(C)C)C(=O)O. The number of hydrogen-bond acceptors (Lipinski definition) is 16. The molecule has 78 heavy (non-hydrogen) atoms. The van der Waals surface area contributed by atoms with Gasteiger partial charge in [-0.2, -0.15) is 0 Å². The Balaban J connectivity index is 6.92. The lowest BCUT2D eigenvalue weighted by molar-refractivity contribution is -0.143. The van der Waals surface area contributed by atoms with Crippen LogP contribution in [0.4, 0.5) is 0 Å². The lowest BCUT2D eigenvalue weighted by atomic mass is 9.96. The van der Waals surface area contributed by atoms with Gasteiger partial charge in [-0.25, -0.2) is 4.79 Å². The fourth-order valence-corrected chi connectivity index (χ4v) is 7.68. The number of unbranched alkanes of at least 4 members (excludes halogenated alkanes) is 2. The first kappa shape index (κ1) is 71.0. The van der Waals surface area contributed by atoms with Crippen LogP contribution in [0, 0.1) is 17.8 Å². The van der Waals surface area contributed by atoms with Crippen LogP contribution in [0.25, 0.3) is 0 Å². The molecule has 444 valence electrons. The topological polar surface area (TPSA) is 503 Å². The summed E-state index contributed by atoms with van der Waals surface area (Å²) in [6, 6.07) is -13.7. The van der Waals surface area contributed by atoms with E-state index >= 15 is 0 Å². The monoisotopic (exact) mass is 1110 g/mol. The van der Waals surface area contributed by atoms with Crippen molar-refractivity contribution in [1.29, 1.82) is 0 Å². The van der Waals surface area contributed by atoms with Gasteiger partial charge in [0.05, 0.1) is 12.5 Å². The molecule has 0 unspecified atom stereocenters. The molecule has 9 amide bonds. The Morgan fingerprint density at radius 1 is 0.410 bits per heavy atom. The first-order valence-electron chi connectivity index (χ1n) is 26.2. The maximum absolute atomic E-state index is 14.0. The van der Waals surface area contributed by atoms with Gasteiger partial charge in [-0.15, -0.1) is 0 Å². The average Bonchev–Trinajstić information content (AvgIpc) is 3.34. The van der Waals surface area contributed by atoms with Crippen LogP contribution >= 0.6 is 0 Å². The van der Waals surface area contributed by atoms with Gasteiger partial charge in [-0.1, -0.05) is 54.4 Å². The van der Waals surface area contributed by atoms with E-state index in [1.165, 1.54) is 0 Å². The van der Waals surface area contributed by atoms with Crippen molar-refractivity contribution in [3.63, 3.8) is 0 Å². The van der Waals surface area contributed by atoms with E-state index in [1.54, 1.807) is 41.5 Å². The molecule has 0 aliphatic rings. The lowest BCUT2D eigenvalue weighted by Gasteiger charge is -2.29. The zero-order valence-corrected chi connectivity index (χ0v) is 45.6. The Labute approximate surface area is 453 Å². The molecule has 0 spiro atoms. The minimum Gasteiger partial charge on any atom is -0.481 e. The molecule has 20 N–H and O–H groups in total. The van der Waals surface area contributed by atoms with E-state index in [0.717, 1.165) is 0 Å². The van der Waals surface area contributed by atoms with E-state index in [9.17, 15) is 82.8 Å². The Morgan fingerprint density at radius 2 is 0.744 bits per heavy atom. The van der Waals surface area contributed by atoms with Gasteiger partial charge >= 0.3 is 23.9 Å². The van der Waals surface area contributed by atoms with E-state index in [0.29, 0.717) is 32.2 Å². The highest BCUT2D eigenvalue weighted by atomic mass is 16.4. The molecule has 0 fully saturated rings. The summed E-state index contributed by atoms with van der Waals surface area (Å²) in [5.74, 6) is -16.0. The Bertz CT molecular complexity index is 2040. The normalized spacial score (nSPS) is 15.0. The van der Waals surface area contributed by atoms with E-state index in [4.69, 9.17) is 22.9 Å². The molecule has 29 heteroatoms. The fraction of sp³-hybridized carbons (Fsp3) is 0.735. The largest absolute Gasteiger partial charge is 0.481 e. The molecule has 0 aromatic heterocycles. The number of carbonyl (C=O) groups excluding carboxylic acids is 9. The van der Waals surface area contributed by atoms with Crippen molar-refractivity contribution >= 4 is 77.0 Å². The number of nitrogens with one attached hydrogen (secondary N) is 8. The smallest absolute Gasteiger partial charge is 0.326 e. The predicted molar refractivity (Wildman–Crippen MR) is 280 cm³/mol. The summed E-state index contributed by atoms with van der Waals surface area (Å²) in [6.07, 6.45) is -2.84. The highest BCUT2D eigenvalue weighted by Gasteiger charge is 2.37. The minimum atomic E-state index is -1.94. The van der Waals surface area contributed by atoms with Crippen molar-refractivity contribution in [2.24, 2.45) is 40.7 Å². The van der Waals surface area contributed by atoms with E-state index < -0.39 is 182 Å². The van der Waals surface area contributed by atoms with Crippen LogP contribution in [0.1, 0.15) is 144 Å². The van der Waals surface area contributed by atoms with Crippen LogP contribution < -0.4 is 65.5 Å². The fourth-order valence-electron chi connectivity index (χ4n) is 7.68. The number of carbonyl (C=O) groups is 13. The van der Waals surface area contributed by atoms with Gasteiger partial charge in [-0.05, 0) is 95.1 Å². The number of nitrogens with two attached hydrogens (primary N) is 4. The molecule has 10 atom stereocenters. The number of amides is 9. The van der Waals surface area contributed by atoms with Gasteiger partial charge in [0.25, 0.3) is 0 Å². The summed E-state index contributed by atoms with van der Waals surface area (Å²) in [5, 5.41) is 57.3. The van der Waals surface area contributed by atoms with E-state index in [2.05, 4.69) is 42.5 Å². The third-order valence-corrected chi connectivity index (χ3v) is 12.2. The van der Waals surface area contributed by atoms with Crippen molar-refractivity contribution in [3.05, 3.63) is 0 Å². The van der Waals surface area contributed by atoms with Gasteiger partial charge in [0.1, 0.15) is 48.3 Å². The van der Waals surface area contributed by atoms with Crippen LogP contribution in [0.5, 0.6) is 0 Å². The summed E-state index contributed by atoms with van der Waals surface area (Å²) in [7, 11) is 0. The zero-order chi connectivity index (χ0) is 59.8. The van der Waals surface area contributed by atoms with Crippen LogP contribution in [-0.4, -0.2) is 165 Å². The van der Waals surface area contributed by atoms with Gasteiger partial charge in [0.15, 0.2) is 0 Å². The predicted octanol–water partition coefficient (Wildman–Crippen LogP) is -2.86. The maximum atomic E-state index is 14.0. The van der Waals surface area contributed by atoms with Crippen LogP contribution in [0.3, 0.4) is 0 Å². The quantitative estimate of drug-likeness (QED) is 0.0273. The molecule has 0 aliphatic carbocycles. The van der Waals surface area contributed by atoms with Crippen molar-refractivity contribution in [1.82, 2.24) is 42.5 Å². The Kier molecular flexibility index (Phi) is 34.3. The minimum absolute atomic E-state index is 0.0229. The molecule has 0 saturated carbocycles. The average molecular weight is 1120 g/mol. The molecule has 0 bridgehead atoms. The molecule has 0 heterocycles. The number of carboxylic acids is 4. The first-order chi connectivity index (χ1) is 36.5. The molecule has 0 saturated heterocycles. The summed E-state index contributed by atoms with van der Waals surface area (Å²) < 4.78 is 0. The third-order valence-electron chi connectivity index (χ3n) is 12.2. The summed E-state index contributed by atoms with van der Waals surface area (Å²) >= 11 is 0. The van der Waals surface area contributed by atoms with Crippen LogP contribution in [0.15, 0.2) is 0 Å². The number of carboxylic acid groups (broad SMARTS) is 4. The lowest BCUT2D eigenvalue weighted by Crippen LogP contribution is -2.61. The van der Waals surface area contributed by atoms with E-state index in [-0.39, 0.29) is 50.5 Å².